The van der Waals surface area contributed by atoms with Gasteiger partial charge in [-0.15, -0.1) is 0 Å². The molecule has 0 radical (unpaired) electrons. The fourth-order valence-electron chi connectivity index (χ4n) is 5.75. The molecule has 4 unspecified atom stereocenters. The maximum Gasteiger partial charge on any atom is 0.247 e. The van der Waals surface area contributed by atoms with Crippen molar-refractivity contribution in [2.45, 2.75) is 88.5 Å². The lowest BCUT2D eigenvalue weighted by Crippen LogP contribution is -2.58. The number of amides is 2. The molecule has 0 saturated heterocycles. The predicted octanol–water partition coefficient (Wildman–Crippen LogP) is 2.23. The monoisotopic (exact) mass is 484 g/mol. The first-order chi connectivity index (χ1) is 16.9. The second kappa shape index (κ2) is 11.4. The third-order valence-corrected chi connectivity index (χ3v) is 7.37. The van der Waals surface area contributed by atoms with Crippen molar-refractivity contribution in [3.8, 4) is 5.75 Å². The molecule has 4 atom stereocenters. The quantitative estimate of drug-likeness (QED) is 0.495. The Hall–Kier alpha value is -2.71. The third-order valence-electron chi connectivity index (χ3n) is 7.37. The van der Waals surface area contributed by atoms with Crippen molar-refractivity contribution in [1.29, 1.82) is 0 Å². The first-order valence-electron chi connectivity index (χ1n) is 12.8. The Morgan fingerprint density at radius 2 is 1.86 bits per heavy atom. The lowest BCUT2D eigenvalue weighted by atomic mass is 9.76. The van der Waals surface area contributed by atoms with Crippen LogP contribution in [0.15, 0.2) is 35.9 Å². The smallest absolute Gasteiger partial charge is 0.247 e. The van der Waals surface area contributed by atoms with Crippen LogP contribution in [0.3, 0.4) is 0 Å². The molecule has 1 fully saturated rings. The Bertz CT molecular complexity index is 970. The largest absolute Gasteiger partial charge is 0.486 e. The Morgan fingerprint density at radius 1 is 1.11 bits per heavy atom. The van der Waals surface area contributed by atoms with Crippen LogP contribution < -0.4 is 10.1 Å². The average Bonchev–Trinajstić information content (AvgIpc) is 3.25. The number of carbonyl (C=O) groups is 3. The minimum atomic E-state index is -1.01. The molecule has 2 amide bonds. The Balaban J connectivity index is 1.70. The molecule has 1 aliphatic heterocycles. The summed E-state index contributed by atoms with van der Waals surface area (Å²) in [6.07, 6.45) is 5.85. The van der Waals surface area contributed by atoms with Gasteiger partial charge in [-0.25, -0.2) is 0 Å². The second-order valence-electron chi connectivity index (χ2n) is 9.83. The molecule has 0 aromatic heterocycles. The number of ether oxygens (including phenoxy) is 1. The van der Waals surface area contributed by atoms with Gasteiger partial charge in [0.25, 0.3) is 0 Å². The summed E-state index contributed by atoms with van der Waals surface area (Å²) in [5.74, 6) is -0.235. The maximum atomic E-state index is 13.5. The molecule has 35 heavy (non-hydrogen) atoms. The number of hydrogen-bond donors (Lipinski definition) is 3. The molecule has 1 heterocycles. The summed E-state index contributed by atoms with van der Waals surface area (Å²) in [4.78, 5) is 39.9. The van der Waals surface area contributed by atoms with Gasteiger partial charge in [0.1, 0.15) is 23.7 Å². The Kier molecular flexibility index (Phi) is 8.23. The van der Waals surface area contributed by atoms with E-state index in [2.05, 4.69) is 5.32 Å². The topological polar surface area (TPSA) is 116 Å². The van der Waals surface area contributed by atoms with Crippen molar-refractivity contribution >= 4 is 17.6 Å². The highest BCUT2D eigenvalue weighted by Gasteiger charge is 2.51. The van der Waals surface area contributed by atoms with E-state index in [0.29, 0.717) is 24.2 Å². The predicted molar refractivity (Wildman–Crippen MR) is 130 cm³/mol. The highest BCUT2D eigenvalue weighted by Crippen LogP contribution is 2.47. The van der Waals surface area contributed by atoms with Gasteiger partial charge < -0.3 is 30.0 Å². The van der Waals surface area contributed by atoms with E-state index in [0.717, 1.165) is 37.7 Å². The highest BCUT2D eigenvalue weighted by molar-refractivity contribution is 5.96. The van der Waals surface area contributed by atoms with Crippen molar-refractivity contribution in [3.05, 3.63) is 41.5 Å². The average molecular weight is 485 g/mol. The molecule has 0 spiro atoms. The van der Waals surface area contributed by atoms with Gasteiger partial charge in [-0.1, -0.05) is 37.5 Å². The summed E-state index contributed by atoms with van der Waals surface area (Å²) < 4.78 is 6.17. The lowest BCUT2D eigenvalue weighted by molar-refractivity contribution is -0.141. The van der Waals surface area contributed by atoms with E-state index in [1.165, 1.54) is 6.92 Å². The van der Waals surface area contributed by atoms with Gasteiger partial charge in [-0.2, -0.15) is 0 Å². The van der Waals surface area contributed by atoms with E-state index >= 15 is 0 Å². The van der Waals surface area contributed by atoms with Crippen LogP contribution in [0.2, 0.25) is 0 Å². The standard InChI is InChI=1S/C27H36N2O6/c1-17(31)8-7-13-23(32)29(18-9-3-2-4-10-18)21-16-20(27(34)28-14-15-30)24-19-11-5-6-12-22(19)35-26(24)25(21)33/h5-6,11-12,16,18,21,24-26,30,33H,2-4,7-10,13-15H2,1H3,(H,28,34). The molecule has 3 N–H and O–H groups in total. The molecule has 3 aliphatic rings. The number of aliphatic hydroxyl groups is 2. The number of aliphatic hydroxyl groups excluding tert-OH is 2. The van der Waals surface area contributed by atoms with Crippen LogP contribution in [0.5, 0.6) is 5.75 Å². The van der Waals surface area contributed by atoms with E-state index in [4.69, 9.17) is 4.74 Å². The van der Waals surface area contributed by atoms with Crippen LogP contribution in [-0.2, 0) is 14.4 Å². The molecule has 1 aromatic rings. The van der Waals surface area contributed by atoms with Crippen molar-refractivity contribution < 1.29 is 29.3 Å². The number of fused-ring (bicyclic) bond motifs is 3. The van der Waals surface area contributed by atoms with Gasteiger partial charge in [-0.05, 0) is 38.3 Å². The Morgan fingerprint density at radius 3 is 2.57 bits per heavy atom. The van der Waals surface area contributed by atoms with Crippen LogP contribution in [-0.4, -0.2) is 70.2 Å². The molecular weight excluding hydrogens is 448 g/mol. The number of hydrogen-bond acceptors (Lipinski definition) is 6. The van der Waals surface area contributed by atoms with Gasteiger partial charge >= 0.3 is 0 Å². The fraction of sp³-hybridized carbons (Fsp3) is 0.593. The maximum absolute atomic E-state index is 13.5. The van der Waals surface area contributed by atoms with Crippen LogP contribution >= 0.6 is 0 Å². The van der Waals surface area contributed by atoms with Gasteiger partial charge in [0.15, 0.2) is 0 Å². The van der Waals surface area contributed by atoms with Crippen molar-refractivity contribution in [3.63, 3.8) is 0 Å². The van der Waals surface area contributed by atoms with Crippen LogP contribution in [0, 0.1) is 0 Å². The van der Waals surface area contributed by atoms with Crippen molar-refractivity contribution in [2.75, 3.05) is 13.2 Å². The summed E-state index contributed by atoms with van der Waals surface area (Å²) in [7, 11) is 0. The zero-order valence-corrected chi connectivity index (χ0v) is 20.3. The molecule has 1 saturated carbocycles. The van der Waals surface area contributed by atoms with Crippen LogP contribution in [0.4, 0.5) is 0 Å². The third kappa shape index (κ3) is 5.43. The molecule has 2 aliphatic carbocycles. The number of nitrogens with one attached hydrogen (secondary N) is 1. The number of benzene rings is 1. The van der Waals surface area contributed by atoms with E-state index in [9.17, 15) is 24.6 Å². The minimum Gasteiger partial charge on any atom is -0.486 e. The van der Waals surface area contributed by atoms with Crippen LogP contribution in [0.1, 0.15) is 69.8 Å². The number of ketones is 1. The van der Waals surface area contributed by atoms with Gasteiger partial charge in [-0.3, -0.25) is 9.59 Å². The van der Waals surface area contributed by atoms with Crippen molar-refractivity contribution in [1.82, 2.24) is 10.2 Å². The molecule has 1 aromatic carbocycles. The van der Waals surface area contributed by atoms with Gasteiger partial charge in [0, 0.05) is 36.6 Å². The van der Waals surface area contributed by atoms with E-state index in [-0.39, 0.29) is 43.2 Å². The summed E-state index contributed by atoms with van der Waals surface area (Å²) in [6.45, 7) is 1.44. The molecule has 190 valence electrons. The minimum absolute atomic E-state index is 0.0356. The molecule has 0 bridgehead atoms. The van der Waals surface area contributed by atoms with Crippen LogP contribution in [0.25, 0.3) is 0 Å². The van der Waals surface area contributed by atoms with E-state index < -0.39 is 24.2 Å². The zero-order valence-electron chi connectivity index (χ0n) is 20.3. The van der Waals surface area contributed by atoms with Gasteiger partial charge in [0.2, 0.25) is 11.8 Å². The zero-order chi connectivity index (χ0) is 24.9. The number of nitrogens with zero attached hydrogens (tertiary/aromatic N) is 1. The van der Waals surface area contributed by atoms with Crippen molar-refractivity contribution in [2.24, 2.45) is 0 Å². The summed E-state index contributed by atoms with van der Waals surface area (Å²) in [5, 5.41) is 23.5. The first-order valence-corrected chi connectivity index (χ1v) is 12.8. The summed E-state index contributed by atoms with van der Waals surface area (Å²) in [5.41, 5.74) is 1.28. The first kappa shape index (κ1) is 25.4. The number of Topliss-reactive ketones (excluding diaryl/α,β-unsaturated/α-hetero) is 1. The molecule has 8 nitrogen and oxygen atoms in total. The number of carbonyl (C=O) groups excluding carboxylic acids is 3. The SMILES string of the molecule is CC(=O)CCCC(=O)N(C1CCCCC1)C1C=C(C(=O)NCCO)C2c3ccccc3OC2C1O. The normalized spacial score (nSPS) is 25.6. The lowest BCUT2D eigenvalue weighted by Gasteiger charge is -2.45. The van der Waals surface area contributed by atoms with E-state index in [1.54, 1.807) is 11.0 Å². The van der Waals surface area contributed by atoms with Gasteiger partial charge in [0.05, 0.1) is 18.6 Å². The highest BCUT2D eigenvalue weighted by atomic mass is 16.5. The fourth-order valence-corrected chi connectivity index (χ4v) is 5.75. The number of rotatable bonds is 9. The molecular formula is C27H36N2O6. The summed E-state index contributed by atoms with van der Waals surface area (Å²) in [6, 6.07) is 6.69. The molecule has 4 rings (SSSR count). The second-order valence-corrected chi connectivity index (χ2v) is 9.83. The van der Waals surface area contributed by atoms with E-state index in [1.807, 2.05) is 24.3 Å². The number of para-hydroxylation sites is 1. The molecule has 8 heteroatoms. The summed E-state index contributed by atoms with van der Waals surface area (Å²) >= 11 is 0. The Labute approximate surface area is 206 Å².